The third kappa shape index (κ3) is 2.08. The molecule has 18 heavy (non-hydrogen) atoms. The van der Waals surface area contributed by atoms with Crippen LogP contribution in [0.25, 0.3) is 0 Å². The number of halogens is 1. The topological polar surface area (TPSA) is 38.9 Å². The molecule has 0 amide bonds. The van der Waals surface area contributed by atoms with E-state index in [9.17, 15) is 0 Å². The molecule has 92 valence electrons. The maximum Gasteiger partial charge on any atom is 0.0485 e. The van der Waals surface area contributed by atoms with Gasteiger partial charge in [0.05, 0.1) is 0 Å². The molecule has 2 atom stereocenters. The van der Waals surface area contributed by atoms with Gasteiger partial charge >= 0.3 is 0 Å². The second kappa shape index (κ2) is 4.82. The molecule has 0 saturated carbocycles. The van der Waals surface area contributed by atoms with E-state index in [2.05, 4.69) is 39.1 Å². The molecule has 2 nitrogen and oxygen atoms in total. The van der Waals surface area contributed by atoms with Crippen molar-refractivity contribution >= 4 is 15.9 Å². The van der Waals surface area contributed by atoms with E-state index >= 15 is 0 Å². The third-order valence-corrected chi connectivity index (χ3v) is 4.22. The fourth-order valence-electron chi connectivity index (χ4n) is 2.71. The highest BCUT2D eigenvalue weighted by atomic mass is 79.9. The van der Waals surface area contributed by atoms with Crippen molar-refractivity contribution in [2.75, 3.05) is 0 Å². The van der Waals surface area contributed by atoms with E-state index in [-0.39, 0.29) is 6.04 Å². The summed E-state index contributed by atoms with van der Waals surface area (Å²) in [6.07, 6.45) is 4.06. The van der Waals surface area contributed by atoms with Crippen molar-refractivity contribution in [2.24, 2.45) is 5.73 Å². The van der Waals surface area contributed by atoms with Crippen LogP contribution in [0.15, 0.2) is 47.1 Å². The molecule has 2 N–H and O–H groups in total. The van der Waals surface area contributed by atoms with Gasteiger partial charge in [-0.2, -0.15) is 0 Å². The Balaban J connectivity index is 1.90. The first-order valence-electron chi connectivity index (χ1n) is 6.20. The van der Waals surface area contributed by atoms with Crippen molar-refractivity contribution in [3.8, 4) is 0 Å². The number of hydrogen-bond acceptors (Lipinski definition) is 2. The molecule has 2 unspecified atom stereocenters. The van der Waals surface area contributed by atoms with Crippen molar-refractivity contribution in [2.45, 2.75) is 24.8 Å². The van der Waals surface area contributed by atoms with Crippen LogP contribution in [0.3, 0.4) is 0 Å². The predicted molar refractivity (Wildman–Crippen MR) is 76.4 cm³/mol. The quantitative estimate of drug-likeness (QED) is 0.921. The highest BCUT2D eigenvalue weighted by molar-refractivity contribution is 9.10. The number of hydrogen-bond donors (Lipinski definition) is 1. The Labute approximate surface area is 115 Å². The van der Waals surface area contributed by atoms with E-state index in [1.54, 1.807) is 0 Å². The number of aromatic nitrogens is 1. The number of fused-ring (bicyclic) bond motifs is 1. The molecule has 1 aliphatic rings. The summed E-state index contributed by atoms with van der Waals surface area (Å²) in [5.74, 6) is 0.349. The maximum atomic E-state index is 6.41. The molecule has 0 fully saturated rings. The zero-order valence-electron chi connectivity index (χ0n) is 10.0. The molecular weight excluding hydrogens is 288 g/mol. The monoisotopic (exact) mass is 302 g/mol. The molecule has 1 aromatic carbocycles. The van der Waals surface area contributed by atoms with Crippen LogP contribution in [0.5, 0.6) is 0 Å². The van der Waals surface area contributed by atoms with E-state index in [1.165, 1.54) is 16.8 Å². The van der Waals surface area contributed by atoms with Crippen LogP contribution < -0.4 is 5.73 Å². The number of benzene rings is 1. The first kappa shape index (κ1) is 11.9. The van der Waals surface area contributed by atoms with Crippen LogP contribution >= 0.6 is 15.9 Å². The zero-order valence-corrected chi connectivity index (χ0v) is 11.6. The summed E-state index contributed by atoms with van der Waals surface area (Å²) >= 11 is 3.45. The third-order valence-electron chi connectivity index (χ3n) is 3.69. The van der Waals surface area contributed by atoms with Gasteiger partial charge in [0.2, 0.25) is 0 Å². The lowest BCUT2D eigenvalue weighted by atomic mass is 9.92. The fraction of sp³-hybridized carbons (Fsp3) is 0.267. The van der Waals surface area contributed by atoms with Gasteiger partial charge in [-0.15, -0.1) is 0 Å². The molecule has 1 heterocycles. The van der Waals surface area contributed by atoms with E-state index < -0.39 is 0 Å². The Morgan fingerprint density at radius 1 is 1.22 bits per heavy atom. The molecule has 0 saturated heterocycles. The molecule has 1 aromatic heterocycles. The van der Waals surface area contributed by atoms with E-state index in [4.69, 9.17) is 5.73 Å². The molecule has 0 radical (unpaired) electrons. The molecule has 0 aliphatic heterocycles. The van der Waals surface area contributed by atoms with E-state index in [1.807, 2.05) is 24.4 Å². The second-order valence-electron chi connectivity index (χ2n) is 4.77. The number of rotatable bonds is 2. The first-order chi connectivity index (χ1) is 8.75. The van der Waals surface area contributed by atoms with Gasteiger partial charge in [0.25, 0.3) is 0 Å². The van der Waals surface area contributed by atoms with Crippen LogP contribution in [0.4, 0.5) is 0 Å². The summed E-state index contributed by atoms with van der Waals surface area (Å²) in [5, 5.41) is 0. The minimum absolute atomic E-state index is 0.0363. The lowest BCUT2D eigenvalue weighted by Crippen LogP contribution is -2.18. The van der Waals surface area contributed by atoms with E-state index in [0.717, 1.165) is 17.3 Å². The van der Waals surface area contributed by atoms with Gasteiger partial charge in [-0.05, 0) is 42.2 Å². The molecule has 1 aliphatic carbocycles. The van der Waals surface area contributed by atoms with Crippen molar-refractivity contribution in [3.05, 3.63) is 63.9 Å². The van der Waals surface area contributed by atoms with Crippen LogP contribution in [-0.4, -0.2) is 4.98 Å². The smallest absolute Gasteiger partial charge is 0.0485 e. The van der Waals surface area contributed by atoms with E-state index in [0.29, 0.717) is 5.92 Å². The van der Waals surface area contributed by atoms with Gasteiger partial charge in [0, 0.05) is 28.3 Å². The number of nitrogens with zero attached hydrogens (tertiary/aromatic N) is 1. The highest BCUT2D eigenvalue weighted by Crippen LogP contribution is 2.39. The van der Waals surface area contributed by atoms with Gasteiger partial charge in [-0.3, -0.25) is 4.98 Å². The van der Waals surface area contributed by atoms with Gasteiger partial charge in [-0.1, -0.05) is 34.1 Å². The highest BCUT2D eigenvalue weighted by Gasteiger charge is 2.29. The Morgan fingerprint density at radius 3 is 2.78 bits per heavy atom. The van der Waals surface area contributed by atoms with Crippen molar-refractivity contribution in [1.29, 1.82) is 0 Å². The van der Waals surface area contributed by atoms with Gasteiger partial charge in [0.15, 0.2) is 0 Å². The molecular formula is C15H15BrN2. The van der Waals surface area contributed by atoms with Gasteiger partial charge in [0.1, 0.15) is 0 Å². The average molecular weight is 303 g/mol. The summed E-state index contributed by atoms with van der Waals surface area (Å²) in [4.78, 5) is 4.52. The predicted octanol–water partition coefficient (Wildman–Crippen LogP) is 3.57. The van der Waals surface area contributed by atoms with Crippen molar-refractivity contribution in [3.63, 3.8) is 0 Å². The molecule has 3 rings (SSSR count). The maximum absolute atomic E-state index is 6.41. The lowest BCUT2D eigenvalue weighted by molar-refractivity contribution is 0.541. The van der Waals surface area contributed by atoms with Crippen LogP contribution in [0.1, 0.15) is 35.2 Å². The molecule has 2 aromatic rings. The molecule has 3 heteroatoms. The van der Waals surface area contributed by atoms with Gasteiger partial charge < -0.3 is 5.73 Å². The summed E-state index contributed by atoms with van der Waals surface area (Å²) in [6.45, 7) is 0. The Kier molecular flexibility index (Phi) is 3.18. The van der Waals surface area contributed by atoms with Crippen molar-refractivity contribution in [1.82, 2.24) is 4.98 Å². The number of nitrogens with two attached hydrogens (primary N) is 1. The molecule has 0 bridgehead atoms. The Bertz CT molecular complexity index is 551. The van der Waals surface area contributed by atoms with Gasteiger partial charge in [-0.25, -0.2) is 0 Å². The fourth-order valence-corrected chi connectivity index (χ4v) is 2.98. The lowest BCUT2D eigenvalue weighted by Gasteiger charge is -2.20. The SMILES string of the molecule is NC(c1ccc(Br)cc1)C1CCc2cccnc21. The normalized spacial score (nSPS) is 19.6. The zero-order chi connectivity index (χ0) is 12.5. The number of pyridine rings is 1. The minimum atomic E-state index is 0.0363. The summed E-state index contributed by atoms with van der Waals surface area (Å²) in [5.41, 5.74) is 10.1. The van der Waals surface area contributed by atoms with Crippen LogP contribution in [0.2, 0.25) is 0 Å². The van der Waals surface area contributed by atoms with Crippen LogP contribution in [-0.2, 0) is 6.42 Å². The first-order valence-corrected chi connectivity index (χ1v) is 7.00. The Morgan fingerprint density at radius 2 is 2.00 bits per heavy atom. The number of aryl methyl sites for hydroxylation is 1. The van der Waals surface area contributed by atoms with Crippen LogP contribution in [0, 0.1) is 0 Å². The van der Waals surface area contributed by atoms with Crippen molar-refractivity contribution < 1.29 is 0 Å². The summed E-state index contributed by atoms with van der Waals surface area (Å²) < 4.78 is 1.09. The largest absolute Gasteiger partial charge is 0.323 e. The second-order valence-corrected chi connectivity index (χ2v) is 5.69. The standard InChI is InChI=1S/C15H15BrN2/c16-12-6-3-10(4-7-12)14(17)13-8-5-11-2-1-9-18-15(11)13/h1-4,6-7,9,13-14H,5,8,17H2. The average Bonchev–Trinajstić information content (AvgIpc) is 2.82. The summed E-state index contributed by atoms with van der Waals surface area (Å²) in [7, 11) is 0. The summed E-state index contributed by atoms with van der Waals surface area (Å²) in [6, 6.07) is 12.5. The Hall–Kier alpha value is -1.19. The minimum Gasteiger partial charge on any atom is -0.323 e. The molecule has 0 spiro atoms.